The average molecular weight is 448 g/mol. The second-order valence-corrected chi connectivity index (χ2v) is 7.91. The van der Waals surface area contributed by atoms with Gasteiger partial charge in [-0.3, -0.25) is 4.79 Å². The minimum absolute atomic E-state index is 0.0482. The lowest BCUT2D eigenvalue weighted by Gasteiger charge is -2.10. The summed E-state index contributed by atoms with van der Waals surface area (Å²) in [6.45, 7) is 0.0482. The Morgan fingerprint density at radius 3 is 2.81 bits per heavy atom. The van der Waals surface area contributed by atoms with Gasteiger partial charge in [-0.15, -0.1) is 0 Å². The number of benzene rings is 2. The number of methoxy groups -OCH3 is 1. The number of carbonyl (C=O) groups is 1. The molecule has 160 valence electrons. The van der Waals surface area contributed by atoms with Crippen molar-refractivity contribution in [3.05, 3.63) is 86.6 Å². The van der Waals surface area contributed by atoms with E-state index in [0.717, 1.165) is 16.6 Å². The number of para-hydroxylation sites is 2. The Labute approximate surface area is 184 Å². The van der Waals surface area contributed by atoms with Crippen LogP contribution in [0.4, 0.5) is 0 Å². The maximum atomic E-state index is 12.9. The molecule has 0 amide bonds. The fourth-order valence-corrected chi connectivity index (χ4v) is 4.36. The van der Waals surface area contributed by atoms with Gasteiger partial charge in [0, 0.05) is 0 Å². The van der Waals surface area contributed by atoms with Gasteiger partial charge in [0.05, 0.1) is 22.7 Å². The van der Waals surface area contributed by atoms with Crippen molar-refractivity contribution >= 4 is 39.4 Å². The van der Waals surface area contributed by atoms with Crippen LogP contribution in [0.5, 0.6) is 11.5 Å². The first-order chi connectivity index (χ1) is 15.5. The van der Waals surface area contributed by atoms with Crippen molar-refractivity contribution in [2.45, 2.75) is 6.61 Å². The maximum absolute atomic E-state index is 12.9. The summed E-state index contributed by atoms with van der Waals surface area (Å²) in [5.41, 5.74) is 2.22. The van der Waals surface area contributed by atoms with Crippen LogP contribution in [0.1, 0.15) is 21.9 Å². The van der Waals surface area contributed by atoms with Gasteiger partial charge in [0.1, 0.15) is 12.4 Å². The first-order valence-electron chi connectivity index (χ1n) is 9.58. The molecule has 32 heavy (non-hydrogen) atoms. The Morgan fingerprint density at radius 1 is 1.19 bits per heavy atom. The Balaban J connectivity index is 1.44. The lowest BCUT2D eigenvalue weighted by Crippen LogP contribution is -2.22. The number of ether oxygens (including phenoxy) is 2. The smallest absolute Gasteiger partial charge is 0.371 e. The number of nitrogens with zero attached hydrogens (tertiary/aromatic N) is 2. The zero-order valence-electron chi connectivity index (χ0n) is 16.8. The first-order valence-corrected chi connectivity index (χ1v) is 10.4. The molecule has 2 aromatic carbocycles. The van der Waals surface area contributed by atoms with Gasteiger partial charge in [0.2, 0.25) is 5.76 Å². The summed E-state index contributed by atoms with van der Waals surface area (Å²) in [5.74, 6) is 0.0324. The molecular formula is C23H16N2O6S. The summed E-state index contributed by atoms with van der Waals surface area (Å²) >= 11 is 1.33. The second kappa shape index (κ2) is 7.86. The van der Waals surface area contributed by atoms with Crippen molar-refractivity contribution in [2.75, 3.05) is 7.11 Å². The van der Waals surface area contributed by atoms with Gasteiger partial charge in [-0.25, -0.2) is 14.2 Å². The summed E-state index contributed by atoms with van der Waals surface area (Å²) < 4.78 is 18.5. The molecule has 0 radical (unpaired) electrons. The predicted molar refractivity (Wildman–Crippen MR) is 119 cm³/mol. The summed E-state index contributed by atoms with van der Waals surface area (Å²) in [6, 6.07) is 15.7. The van der Waals surface area contributed by atoms with Crippen LogP contribution in [0.15, 0.2) is 63.8 Å². The molecule has 0 bridgehead atoms. The Hall–Kier alpha value is -4.11. The molecule has 0 aliphatic rings. The number of carboxylic acids is 1. The van der Waals surface area contributed by atoms with Crippen molar-refractivity contribution < 1.29 is 23.8 Å². The number of imidazole rings is 1. The molecule has 1 N–H and O–H groups in total. The van der Waals surface area contributed by atoms with E-state index in [0.29, 0.717) is 26.8 Å². The minimum Gasteiger partial charge on any atom is -0.493 e. The molecule has 0 aliphatic heterocycles. The van der Waals surface area contributed by atoms with Crippen molar-refractivity contribution in [1.82, 2.24) is 9.38 Å². The van der Waals surface area contributed by atoms with Crippen LogP contribution < -0.4 is 19.6 Å². The molecule has 9 heteroatoms. The Bertz CT molecular complexity index is 1580. The molecular weight excluding hydrogens is 432 g/mol. The predicted octanol–water partition coefficient (Wildman–Crippen LogP) is 3.34. The highest BCUT2D eigenvalue weighted by Gasteiger charge is 2.13. The van der Waals surface area contributed by atoms with Crippen molar-refractivity contribution in [1.29, 1.82) is 0 Å². The standard InChI is InChI=1S/C23H16N2O6S/c1-29-19-10-13(6-8-17(19)30-12-14-7-9-18(31-14)22(27)28)11-20-21(26)25-16-5-3-2-4-15(16)24-23(25)32-20/h2-11H,12H2,1H3,(H,27,28). The summed E-state index contributed by atoms with van der Waals surface area (Å²) in [6.07, 6.45) is 1.79. The van der Waals surface area contributed by atoms with Gasteiger partial charge >= 0.3 is 5.97 Å². The number of hydrogen-bond acceptors (Lipinski definition) is 7. The van der Waals surface area contributed by atoms with Gasteiger partial charge in [-0.1, -0.05) is 29.5 Å². The van der Waals surface area contributed by atoms with E-state index in [1.54, 1.807) is 28.7 Å². The van der Waals surface area contributed by atoms with Gasteiger partial charge in [0.15, 0.2) is 16.5 Å². The Kier molecular flexibility index (Phi) is 4.87. The number of carboxylic acid groups (broad SMARTS) is 1. The molecule has 0 saturated carbocycles. The number of rotatable bonds is 6. The summed E-state index contributed by atoms with van der Waals surface area (Å²) in [7, 11) is 1.52. The Morgan fingerprint density at radius 2 is 2.03 bits per heavy atom. The molecule has 0 atom stereocenters. The third kappa shape index (κ3) is 3.48. The van der Waals surface area contributed by atoms with Gasteiger partial charge in [-0.05, 0) is 48.0 Å². The SMILES string of the molecule is COc1cc(C=c2sc3nc4ccccc4n3c2=O)ccc1OCc1ccc(C(=O)O)o1. The normalized spacial score (nSPS) is 12.0. The summed E-state index contributed by atoms with van der Waals surface area (Å²) in [5, 5.41) is 8.94. The third-order valence-electron chi connectivity index (χ3n) is 4.87. The van der Waals surface area contributed by atoms with Crippen LogP contribution in [0, 0.1) is 0 Å². The number of aromatic carboxylic acids is 1. The summed E-state index contributed by atoms with van der Waals surface area (Å²) in [4.78, 5) is 29.0. The quantitative estimate of drug-likeness (QED) is 0.425. The van der Waals surface area contributed by atoms with E-state index in [1.807, 2.05) is 30.3 Å². The van der Waals surface area contributed by atoms with Crippen LogP contribution in [0.25, 0.3) is 22.1 Å². The first kappa shape index (κ1) is 19.8. The van der Waals surface area contributed by atoms with Crippen LogP contribution in [0.3, 0.4) is 0 Å². The van der Waals surface area contributed by atoms with E-state index in [4.69, 9.17) is 19.0 Å². The number of fused-ring (bicyclic) bond motifs is 3. The second-order valence-electron chi connectivity index (χ2n) is 6.90. The molecule has 3 aromatic heterocycles. The van der Waals surface area contributed by atoms with Crippen molar-refractivity contribution in [3.8, 4) is 11.5 Å². The van der Waals surface area contributed by atoms with E-state index >= 15 is 0 Å². The lowest BCUT2D eigenvalue weighted by molar-refractivity contribution is 0.0658. The number of furan rings is 1. The zero-order chi connectivity index (χ0) is 22.2. The van der Waals surface area contributed by atoms with E-state index in [2.05, 4.69) is 4.98 Å². The van der Waals surface area contributed by atoms with Gasteiger partial charge < -0.3 is 19.0 Å². The molecule has 5 aromatic rings. The molecule has 0 fully saturated rings. The van der Waals surface area contributed by atoms with Crippen LogP contribution in [-0.4, -0.2) is 27.6 Å². The van der Waals surface area contributed by atoms with Gasteiger partial charge in [0.25, 0.3) is 5.56 Å². The van der Waals surface area contributed by atoms with Crippen LogP contribution in [0.2, 0.25) is 0 Å². The largest absolute Gasteiger partial charge is 0.493 e. The molecule has 0 unspecified atom stereocenters. The average Bonchev–Trinajstić information content (AvgIpc) is 3.48. The van der Waals surface area contributed by atoms with E-state index < -0.39 is 5.97 Å². The molecule has 5 rings (SSSR count). The van der Waals surface area contributed by atoms with Gasteiger partial charge in [-0.2, -0.15) is 0 Å². The fraction of sp³-hybridized carbons (Fsp3) is 0.0870. The van der Waals surface area contributed by atoms with E-state index in [-0.39, 0.29) is 17.9 Å². The maximum Gasteiger partial charge on any atom is 0.371 e. The third-order valence-corrected chi connectivity index (χ3v) is 5.84. The topological polar surface area (TPSA) is 103 Å². The molecule has 3 heterocycles. The zero-order valence-corrected chi connectivity index (χ0v) is 17.6. The number of hydrogen-bond donors (Lipinski definition) is 1. The van der Waals surface area contributed by atoms with Crippen molar-refractivity contribution in [3.63, 3.8) is 0 Å². The number of aromatic nitrogens is 2. The highest BCUT2D eigenvalue weighted by atomic mass is 32.1. The molecule has 0 aliphatic carbocycles. The molecule has 8 nitrogen and oxygen atoms in total. The van der Waals surface area contributed by atoms with Crippen LogP contribution >= 0.6 is 11.3 Å². The highest BCUT2D eigenvalue weighted by Crippen LogP contribution is 2.29. The lowest BCUT2D eigenvalue weighted by atomic mass is 10.2. The van der Waals surface area contributed by atoms with E-state index in [9.17, 15) is 9.59 Å². The van der Waals surface area contributed by atoms with E-state index in [1.165, 1.54) is 24.5 Å². The molecule has 0 saturated heterocycles. The monoisotopic (exact) mass is 448 g/mol. The number of thiazole rings is 1. The van der Waals surface area contributed by atoms with Crippen molar-refractivity contribution in [2.24, 2.45) is 0 Å². The van der Waals surface area contributed by atoms with Crippen LogP contribution in [-0.2, 0) is 6.61 Å². The fourth-order valence-electron chi connectivity index (χ4n) is 3.38. The minimum atomic E-state index is -1.14. The molecule has 0 spiro atoms. The highest BCUT2D eigenvalue weighted by molar-refractivity contribution is 7.15.